The van der Waals surface area contributed by atoms with E-state index in [2.05, 4.69) is 172 Å². The summed E-state index contributed by atoms with van der Waals surface area (Å²) in [7, 11) is 0. The van der Waals surface area contributed by atoms with Gasteiger partial charge in [-0.05, 0) is 103 Å². The largest absolute Gasteiger partial charge is 0.453 e. The highest BCUT2D eigenvalue weighted by atomic mass is 32.1. The van der Waals surface area contributed by atoms with Crippen molar-refractivity contribution in [3.63, 3.8) is 0 Å². The van der Waals surface area contributed by atoms with Crippen LogP contribution in [-0.2, 0) is 10.8 Å². The van der Waals surface area contributed by atoms with Crippen molar-refractivity contribution < 1.29 is 14.2 Å². The fourth-order valence-corrected chi connectivity index (χ4v) is 12.2. The van der Waals surface area contributed by atoms with E-state index in [1.54, 1.807) is 11.3 Å². The first kappa shape index (κ1) is 32.2. The van der Waals surface area contributed by atoms with E-state index in [1.807, 2.05) is 0 Å². The average molecular weight is 778 g/mol. The standard InChI is InChI=1S/C54H35NO3S/c1-53(2)36-18-8-5-14-33(36)46-30(16-11-20-38(46)53)28-23-40-48-41(24-28)57-44-27-35-32-13-7-10-22-45(32)59-52(35)51-50(44)55(48)49-42(56-40)25-29(26-43(49)58-51)31-17-12-21-39-47(31)34-15-6-9-19-37(34)54(39,3)4/h5-27H,1-4H3. The van der Waals surface area contributed by atoms with Gasteiger partial charge in [0.2, 0.25) is 0 Å². The highest BCUT2D eigenvalue weighted by Crippen LogP contribution is 2.70. The third-order valence-corrected chi connectivity index (χ3v) is 15.0. The highest BCUT2D eigenvalue weighted by molar-refractivity contribution is 7.26. The number of thiophene rings is 1. The van der Waals surface area contributed by atoms with Crippen LogP contribution in [0.2, 0.25) is 0 Å². The van der Waals surface area contributed by atoms with Gasteiger partial charge in [0.25, 0.3) is 0 Å². The lowest BCUT2D eigenvalue weighted by Gasteiger charge is -2.42. The van der Waals surface area contributed by atoms with Gasteiger partial charge in [0, 0.05) is 26.3 Å². The number of hydrogen-bond acceptors (Lipinski definition) is 5. The fourth-order valence-electron chi connectivity index (χ4n) is 11.1. The molecule has 0 spiro atoms. The van der Waals surface area contributed by atoms with Gasteiger partial charge in [-0.2, -0.15) is 0 Å². The Bertz CT molecular complexity index is 3430. The van der Waals surface area contributed by atoms with Crippen molar-refractivity contribution in [3.05, 3.63) is 162 Å². The molecule has 1 aromatic heterocycles. The van der Waals surface area contributed by atoms with E-state index in [0.717, 1.165) is 72.8 Å². The second-order valence-corrected chi connectivity index (χ2v) is 18.7. The Morgan fingerprint density at radius 3 is 1.46 bits per heavy atom. The van der Waals surface area contributed by atoms with Crippen LogP contribution in [0.1, 0.15) is 49.9 Å². The van der Waals surface area contributed by atoms with Gasteiger partial charge in [0.05, 0.1) is 4.70 Å². The Morgan fingerprint density at radius 2 is 0.881 bits per heavy atom. The third kappa shape index (κ3) is 3.90. The van der Waals surface area contributed by atoms with Gasteiger partial charge in [0.15, 0.2) is 34.5 Å². The number of anilines is 3. The number of benzene rings is 8. The van der Waals surface area contributed by atoms with E-state index in [9.17, 15) is 0 Å². The van der Waals surface area contributed by atoms with Crippen LogP contribution in [-0.4, -0.2) is 0 Å². The quantitative estimate of drug-likeness (QED) is 0.175. The zero-order valence-corrected chi connectivity index (χ0v) is 33.7. The summed E-state index contributed by atoms with van der Waals surface area (Å²) in [5, 5.41) is 2.33. The first-order valence-electron chi connectivity index (χ1n) is 20.4. The Labute approximate surface area is 345 Å². The van der Waals surface area contributed by atoms with E-state index >= 15 is 0 Å². The van der Waals surface area contributed by atoms with Crippen LogP contribution in [0.3, 0.4) is 0 Å². The minimum Gasteiger partial charge on any atom is -0.453 e. The van der Waals surface area contributed by atoms with Crippen LogP contribution in [0, 0.1) is 0 Å². The lowest BCUT2D eigenvalue weighted by molar-refractivity contribution is 0.421. The maximum absolute atomic E-state index is 7.19. The predicted molar refractivity (Wildman–Crippen MR) is 240 cm³/mol. The summed E-state index contributed by atoms with van der Waals surface area (Å²) in [6.07, 6.45) is 0. The molecule has 4 nitrogen and oxygen atoms in total. The second-order valence-electron chi connectivity index (χ2n) is 17.6. The zero-order valence-electron chi connectivity index (χ0n) is 32.9. The van der Waals surface area contributed by atoms with Crippen LogP contribution >= 0.6 is 11.3 Å². The lowest BCUT2D eigenvalue weighted by atomic mass is 9.82. The third-order valence-electron chi connectivity index (χ3n) is 13.8. The molecule has 0 N–H and O–H groups in total. The summed E-state index contributed by atoms with van der Waals surface area (Å²) in [6.45, 7) is 9.34. The van der Waals surface area contributed by atoms with Crippen molar-refractivity contribution in [3.8, 4) is 79.0 Å². The van der Waals surface area contributed by atoms with Crippen molar-refractivity contribution in [1.82, 2.24) is 0 Å². The van der Waals surface area contributed by atoms with Crippen LogP contribution < -0.4 is 19.1 Å². The molecule has 0 unspecified atom stereocenters. The van der Waals surface area contributed by atoms with Crippen molar-refractivity contribution in [1.29, 1.82) is 0 Å². The fraction of sp³-hybridized carbons (Fsp3) is 0.111. The van der Waals surface area contributed by atoms with Gasteiger partial charge in [-0.1, -0.05) is 131 Å². The van der Waals surface area contributed by atoms with Crippen molar-refractivity contribution in [2.75, 3.05) is 4.90 Å². The molecule has 0 fully saturated rings. The lowest BCUT2D eigenvalue weighted by Crippen LogP contribution is -2.24. The first-order chi connectivity index (χ1) is 28.8. The molecule has 280 valence electrons. The van der Waals surface area contributed by atoms with Crippen molar-refractivity contribution in [2.45, 2.75) is 38.5 Å². The Balaban J connectivity index is 1.04. The summed E-state index contributed by atoms with van der Waals surface area (Å²) < 4.78 is 23.8. The smallest absolute Gasteiger partial charge is 0.173 e. The molecule has 0 bridgehead atoms. The van der Waals surface area contributed by atoms with Gasteiger partial charge in [-0.3, -0.25) is 4.90 Å². The molecule has 3 aliphatic heterocycles. The number of fused-ring (bicyclic) bond motifs is 10. The van der Waals surface area contributed by atoms with Gasteiger partial charge in [-0.25, -0.2) is 0 Å². The summed E-state index contributed by atoms with van der Waals surface area (Å²) in [6, 6.07) is 50.9. The summed E-state index contributed by atoms with van der Waals surface area (Å²) in [5.41, 5.74) is 17.4. The molecule has 0 atom stereocenters. The van der Waals surface area contributed by atoms with E-state index in [1.165, 1.54) is 65.7 Å². The van der Waals surface area contributed by atoms with Gasteiger partial charge in [0.1, 0.15) is 17.1 Å². The number of rotatable bonds is 2. The first-order valence-corrected chi connectivity index (χ1v) is 21.2. The minimum atomic E-state index is -0.119. The molecule has 59 heavy (non-hydrogen) atoms. The van der Waals surface area contributed by atoms with Crippen LogP contribution in [0.25, 0.3) is 64.7 Å². The van der Waals surface area contributed by atoms with Crippen LogP contribution in [0.4, 0.5) is 17.1 Å². The molecule has 5 heteroatoms. The topological polar surface area (TPSA) is 30.9 Å². The summed E-state index contributed by atoms with van der Waals surface area (Å²) in [5.74, 6) is 4.65. The molecule has 0 amide bonds. The van der Waals surface area contributed by atoms with E-state index in [0.29, 0.717) is 0 Å². The normalized spacial score (nSPS) is 15.8. The molecular weight excluding hydrogens is 743 g/mol. The molecule has 0 saturated carbocycles. The molecule has 0 saturated heterocycles. The summed E-state index contributed by atoms with van der Waals surface area (Å²) in [4.78, 5) is 2.36. The molecule has 14 rings (SSSR count). The number of ether oxygens (including phenoxy) is 3. The summed E-state index contributed by atoms with van der Waals surface area (Å²) >= 11 is 1.77. The van der Waals surface area contributed by atoms with Gasteiger partial charge < -0.3 is 14.2 Å². The van der Waals surface area contributed by atoms with Gasteiger partial charge in [-0.15, -0.1) is 11.3 Å². The molecular formula is C54H35NO3S. The second kappa shape index (κ2) is 10.6. The Morgan fingerprint density at radius 1 is 0.424 bits per heavy atom. The van der Waals surface area contributed by atoms with Crippen LogP contribution in [0.5, 0.6) is 34.5 Å². The molecule has 4 heterocycles. The number of hydrogen-bond donors (Lipinski definition) is 0. The van der Waals surface area contributed by atoms with Gasteiger partial charge >= 0.3 is 0 Å². The molecule has 8 aromatic carbocycles. The minimum absolute atomic E-state index is 0.117. The van der Waals surface area contributed by atoms with Crippen molar-refractivity contribution >= 4 is 48.6 Å². The predicted octanol–water partition coefficient (Wildman–Crippen LogP) is 15.8. The molecule has 9 aromatic rings. The van der Waals surface area contributed by atoms with E-state index in [4.69, 9.17) is 14.2 Å². The molecule has 2 aliphatic carbocycles. The van der Waals surface area contributed by atoms with Crippen molar-refractivity contribution in [2.24, 2.45) is 0 Å². The zero-order chi connectivity index (χ0) is 39.1. The maximum Gasteiger partial charge on any atom is 0.173 e. The SMILES string of the molecule is CC1(C)c2ccccc2-c2c(-c3cc4c5c(c3)Oc3cc6c(sc7ccccc76)c6c3N5c3c(cc(-c5cccc7c5-c5ccccc5C7(C)C)cc3O6)O4)cccc21. The molecule has 5 aliphatic rings. The molecule has 0 radical (unpaired) electrons. The monoisotopic (exact) mass is 777 g/mol. The maximum atomic E-state index is 7.19. The number of nitrogens with zero attached hydrogens (tertiary/aromatic N) is 1. The Hall–Kier alpha value is -6.82. The van der Waals surface area contributed by atoms with Crippen LogP contribution in [0.15, 0.2) is 140 Å². The Kier molecular flexibility index (Phi) is 5.79. The van der Waals surface area contributed by atoms with E-state index < -0.39 is 0 Å². The van der Waals surface area contributed by atoms with E-state index in [-0.39, 0.29) is 10.8 Å². The average Bonchev–Trinajstić information content (AvgIpc) is 3.83. The highest BCUT2D eigenvalue weighted by Gasteiger charge is 2.45.